The molecule has 448 valence electrons. The first-order chi connectivity index (χ1) is 36.7. The molecule has 21 rings (SSSR count). The first-order valence-corrected chi connectivity index (χ1v) is 24.6. The summed E-state index contributed by atoms with van der Waals surface area (Å²) in [6.07, 6.45) is -70.2. The van der Waals surface area contributed by atoms with E-state index in [1.165, 1.54) is 0 Å². The first kappa shape index (κ1) is 61.7. The maximum Gasteiger partial charge on any atom is 0.187 e. The van der Waals surface area contributed by atoms with Gasteiger partial charge < -0.3 is 174 Å². The van der Waals surface area contributed by atoms with Crippen molar-refractivity contribution in [3.05, 3.63) is 0 Å². The zero-order valence-electron chi connectivity index (χ0n) is 40.3. The molecule has 8 unspecified atom stereocenters. The average molecular weight is 1130 g/mol. The highest BCUT2D eigenvalue weighted by Gasteiger charge is 2.59. The molecule has 35 atom stereocenters. The van der Waals surface area contributed by atoms with E-state index >= 15 is 0 Å². The molecule has 0 aromatic carbocycles. The molecule has 0 spiro atoms. The number of hydrogen-bond acceptors (Lipinski definition) is 35. The van der Waals surface area contributed by atoms with Gasteiger partial charge in [-0.3, -0.25) is 0 Å². The number of rotatable bonds is 7. The van der Waals surface area contributed by atoms with Gasteiger partial charge >= 0.3 is 0 Å². The molecule has 21 fully saturated rings. The van der Waals surface area contributed by atoms with E-state index in [0.29, 0.717) is 0 Å². The Hall–Kier alpha value is -1.40. The molecule has 35 heteroatoms. The minimum Gasteiger partial charge on any atom is -0.394 e. The molecular formula is C42H70O35. The quantitative estimate of drug-likeness (QED) is 0.113. The van der Waals surface area contributed by atoms with Gasteiger partial charge in [0, 0.05) is 0 Å². The highest BCUT2D eigenvalue weighted by Crippen LogP contribution is 2.39. The van der Waals surface area contributed by atoms with Gasteiger partial charge in [-0.15, -0.1) is 0 Å². The summed E-state index contributed by atoms with van der Waals surface area (Å²) in [5.74, 6) is 0. The maximum atomic E-state index is 11.3. The Morgan fingerprint density at radius 2 is 0.260 bits per heavy atom. The SMILES string of the molecule is OC[C@H]1OC2O[C@H]3[C@H](O)[C@@H](O)C(O[C@H]4[C@H](O)[C@@H](O)C(O[C@H]5[C@H](O)[C@@H](O)C(O[C@H]6[C@H](O)[C@@H](O)C(O[C@H]7[C@H](O)[C@@H](O)C(O[C@H]8[C@H](O)[C@@H](O)C(OC1[C@H](O)[C@H]2O)O[C@@H]8CO)O[C@@H]7CO)O[C@@H]6CO)O[C@@H]5CO)O[C@@H]4CO)O[C@@H]3CO. The van der Waals surface area contributed by atoms with Crippen molar-refractivity contribution in [3.63, 3.8) is 0 Å². The molecule has 21 heterocycles. The summed E-state index contributed by atoms with van der Waals surface area (Å²) in [5, 5.41) is 230. The van der Waals surface area contributed by atoms with E-state index in [9.17, 15) is 107 Å². The smallest absolute Gasteiger partial charge is 0.187 e. The minimum absolute atomic E-state index is 1.05. The lowest BCUT2D eigenvalue weighted by Crippen LogP contribution is -2.68. The fourth-order valence-electron chi connectivity index (χ4n) is 10.4. The summed E-state index contributed by atoms with van der Waals surface area (Å²) in [7, 11) is 0. The van der Waals surface area contributed by atoms with Gasteiger partial charge in [-0.05, 0) is 0 Å². The van der Waals surface area contributed by atoms with Crippen molar-refractivity contribution < 1.29 is 174 Å². The molecule has 0 aromatic heterocycles. The van der Waals surface area contributed by atoms with E-state index in [2.05, 4.69) is 0 Å². The summed E-state index contributed by atoms with van der Waals surface area (Å²) < 4.78 is 79.5. The maximum absolute atomic E-state index is 11.3. The lowest BCUT2D eigenvalue weighted by molar-refractivity contribution is -0.396. The zero-order valence-corrected chi connectivity index (χ0v) is 40.3. The van der Waals surface area contributed by atoms with Crippen molar-refractivity contribution in [1.82, 2.24) is 0 Å². The van der Waals surface area contributed by atoms with Crippen LogP contribution in [-0.4, -0.2) is 368 Å². The Morgan fingerprint density at radius 3 is 0.351 bits per heavy atom. The molecule has 35 nitrogen and oxygen atoms in total. The van der Waals surface area contributed by atoms with E-state index in [4.69, 9.17) is 66.3 Å². The highest BCUT2D eigenvalue weighted by atomic mass is 16.8. The van der Waals surface area contributed by atoms with Crippen LogP contribution in [0.5, 0.6) is 0 Å². The van der Waals surface area contributed by atoms with Crippen LogP contribution in [0.3, 0.4) is 0 Å². The van der Waals surface area contributed by atoms with Crippen LogP contribution in [0.1, 0.15) is 0 Å². The zero-order chi connectivity index (χ0) is 56.1. The number of ether oxygens (including phenoxy) is 14. The van der Waals surface area contributed by atoms with Gasteiger partial charge in [0.05, 0.1) is 46.2 Å². The molecule has 21 saturated heterocycles. The van der Waals surface area contributed by atoms with E-state index in [0.717, 1.165) is 0 Å². The summed E-state index contributed by atoms with van der Waals surface area (Å²) >= 11 is 0. The second kappa shape index (κ2) is 26.0. The Labute approximate surface area is 434 Å². The van der Waals surface area contributed by atoms with Crippen LogP contribution < -0.4 is 0 Å². The highest BCUT2D eigenvalue weighted by molar-refractivity contribution is 5.01. The van der Waals surface area contributed by atoms with Gasteiger partial charge in [0.1, 0.15) is 171 Å². The van der Waals surface area contributed by atoms with Gasteiger partial charge in [0.2, 0.25) is 0 Å². The van der Waals surface area contributed by atoms with Crippen molar-refractivity contribution in [1.29, 1.82) is 0 Å². The molecule has 0 aliphatic carbocycles. The second-order valence-electron chi connectivity index (χ2n) is 19.7. The predicted molar refractivity (Wildman–Crippen MR) is 228 cm³/mol. The van der Waals surface area contributed by atoms with Crippen LogP contribution in [-0.2, 0) is 66.3 Å². The van der Waals surface area contributed by atoms with Crippen LogP contribution in [0.25, 0.3) is 0 Å². The topological polar surface area (TPSA) is 554 Å². The monoisotopic (exact) mass is 1130 g/mol. The van der Waals surface area contributed by atoms with E-state index < -0.39 is 261 Å². The molecule has 21 aliphatic rings. The van der Waals surface area contributed by atoms with Gasteiger partial charge in [-0.25, -0.2) is 0 Å². The summed E-state index contributed by atoms with van der Waals surface area (Å²) in [4.78, 5) is 0. The van der Waals surface area contributed by atoms with Crippen molar-refractivity contribution in [2.24, 2.45) is 0 Å². The van der Waals surface area contributed by atoms with E-state index in [-0.39, 0.29) is 0 Å². The largest absolute Gasteiger partial charge is 0.394 e. The van der Waals surface area contributed by atoms with Crippen LogP contribution in [0.15, 0.2) is 0 Å². The third-order valence-electron chi connectivity index (χ3n) is 14.8. The standard InChI is InChI=1S/C42H70O35/c43-1-8-29-15(50)22(57)36(64-8)72-30-9(2-44)66-38(24(59)17(30)52)74-32-11(4-46)68-40(26(61)19(32)54)76-34-13(6-48)70-42(28(63)21(34)56)77-35-14(7-49)69-41(27(62)20(35)55)75-33-12(5-47)67-39(25(60)18(33)53)73-31-10(3-45)65-37(71-29)23(58)16(31)51/h8-63H,1-7H2/t8-,9-,10-,11-,12-,13-,14-,15-,16-,17-,18-,19-,20-,21-,22-,23-,24-,25-,26-,27-,28-,29-,30-,31-,32-,33-,34-,35?,36?,37?,38?,39?,40?,41?,42?/m1/s1. The number of hydrogen-bond donors (Lipinski definition) is 21. The fourth-order valence-corrected chi connectivity index (χ4v) is 10.4. The Balaban J connectivity index is 1.08. The average Bonchev–Trinajstić information content (AvgIpc) is 3.45. The lowest BCUT2D eigenvalue weighted by atomic mass is 9.95. The van der Waals surface area contributed by atoms with Crippen LogP contribution in [0.4, 0.5) is 0 Å². The molecule has 77 heavy (non-hydrogen) atoms. The molecule has 0 radical (unpaired) electrons. The summed E-state index contributed by atoms with van der Waals surface area (Å²) in [5.41, 5.74) is 0. The first-order valence-electron chi connectivity index (χ1n) is 24.6. The summed E-state index contributed by atoms with van der Waals surface area (Å²) in [6.45, 7) is -7.33. The normalized spacial score (nSPS) is 55.4. The molecule has 14 bridgehead atoms. The summed E-state index contributed by atoms with van der Waals surface area (Å²) in [6, 6.07) is 0. The molecule has 0 saturated carbocycles. The van der Waals surface area contributed by atoms with Gasteiger partial charge in [-0.1, -0.05) is 0 Å². The van der Waals surface area contributed by atoms with Gasteiger partial charge in [0.25, 0.3) is 0 Å². The molecule has 21 N–H and O–H groups in total. The van der Waals surface area contributed by atoms with Crippen LogP contribution >= 0.6 is 0 Å². The minimum atomic E-state index is -2.21. The van der Waals surface area contributed by atoms with Crippen LogP contribution in [0.2, 0.25) is 0 Å². The molecule has 0 aromatic rings. The third kappa shape index (κ3) is 12.1. The number of aliphatic hydroxyl groups excluding tert-OH is 21. The second-order valence-corrected chi connectivity index (χ2v) is 19.7. The van der Waals surface area contributed by atoms with Gasteiger partial charge in [0.15, 0.2) is 44.0 Å². The van der Waals surface area contributed by atoms with Crippen molar-refractivity contribution >= 4 is 0 Å². The van der Waals surface area contributed by atoms with Crippen molar-refractivity contribution in [2.45, 2.75) is 215 Å². The molecule has 0 amide bonds. The van der Waals surface area contributed by atoms with Crippen molar-refractivity contribution in [3.8, 4) is 0 Å². The fraction of sp³-hybridized carbons (Fsp3) is 1.00. The van der Waals surface area contributed by atoms with Gasteiger partial charge in [-0.2, -0.15) is 0 Å². The Morgan fingerprint density at radius 1 is 0.156 bits per heavy atom. The Bertz CT molecular complexity index is 1470. The van der Waals surface area contributed by atoms with Crippen LogP contribution in [0, 0.1) is 0 Å². The van der Waals surface area contributed by atoms with E-state index in [1.54, 1.807) is 0 Å². The molecular weight excluding hydrogens is 1060 g/mol. The molecule has 21 aliphatic heterocycles. The van der Waals surface area contributed by atoms with Crippen molar-refractivity contribution in [2.75, 3.05) is 46.2 Å². The lowest BCUT2D eigenvalue weighted by Gasteiger charge is -2.50. The third-order valence-corrected chi connectivity index (χ3v) is 14.8. The number of aliphatic hydroxyl groups is 21. The van der Waals surface area contributed by atoms with E-state index in [1.807, 2.05) is 0 Å². The predicted octanol–water partition coefficient (Wildman–Crippen LogP) is -15.2. The Kier molecular flexibility index (Phi) is 20.8.